The van der Waals surface area contributed by atoms with Crippen molar-refractivity contribution in [2.24, 2.45) is 0 Å². The van der Waals surface area contributed by atoms with Crippen LogP contribution in [-0.2, 0) is 11.3 Å². The monoisotopic (exact) mass is 434 g/mol. The molecule has 1 aliphatic heterocycles. The minimum atomic E-state index is -0.0960. The maximum Gasteiger partial charge on any atom is 0.253 e. The fourth-order valence-electron chi connectivity index (χ4n) is 4.24. The van der Waals surface area contributed by atoms with Crippen molar-refractivity contribution >= 4 is 28.4 Å². The number of nitrogens with zero attached hydrogens (tertiary/aromatic N) is 3. The van der Waals surface area contributed by atoms with Crippen molar-refractivity contribution in [3.05, 3.63) is 59.8 Å². The maximum absolute atomic E-state index is 12.6. The molecule has 32 heavy (non-hydrogen) atoms. The van der Waals surface area contributed by atoms with Crippen molar-refractivity contribution in [1.82, 2.24) is 14.8 Å². The molecule has 1 N–H and O–H groups in total. The van der Waals surface area contributed by atoms with E-state index in [0.29, 0.717) is 25.1 Å². The van der Waals surface area contributed by atoms with E-state index in [1.807, 2.05) is 36.2 Å². The molecule has 7 nitrogen and oxygen atoms in total. The second kappa shape index (κ2) is 8.94. The number of carbonyl (C=O) groups excluding carboxylic acids is 2. The van der Waals surface area contributed by atoms with Crippen LogP contribution < -0.4 is 15.0 Å². The SMILES string of the molecule is Cc1cc2ccccc2n1CCNC(=O)C[C@H]1COc2ccc(C(=O)N(C)C)cc2N1C. The van der Waals surface area contributed by atoms with E-state index in [0.717, 1.165) is 18.0 Å². The highest BCUT2D eigenvalue weighted by Gasteiger charge is 2.27. The van der Waals surface area contributed by atoms with E-state index in [1.165, 1.54) is 16.6 Å². The summed E-state index contributed by atoms with van der Waals surface area (Å²) in [5.41, 5.74) is 3.79. The number of benzene rings is 2. The molecule has 2 aromatic carbocycles. The summed E-state index contributed by atoms with van der Waals surface area (Å²) >= 11 is 0. The van der Waals surface area contributed by atoms with Crippen LogP contribution in [0.2, 0.25) is 0 Å². The van der Waals surface area contributed by atoms with Gasteiger partial charge in [-0.25, -0.2) is 0 Å². The average Bonchev–Trinajstić information content (AvgIpc) is 3.10. The van der Waals surface area contributed by atoms with Gasteiger partial charge in [0.05, 0.1) is 18.2 Å². The third-order valence-electron chi connectivity index (χ3n) is 6.07. The first-order valence-electron chi connectivity index (χ1n) is 10.9. The van der Waals surface area contributed by atoms with E-state index in [9.17, 15) is 9.59 Å². The first-order chi connectivity index (χ1) is 15.3. The number of nitrogens with one attached hydrogen (secondary N) is 1. The molecule has 0 saturated heterocycles. The predicted molar refractivity (Wildman–Crippen MR) is 126 cm³/mol. The van der Waals surface area contributed by atoms with E-state index in [2.05, 4.69) is 35.0 Å². The summed E-state index contributed by atoms with van der Waals surface area (Å²) in [6.07, 6.45) is 0.327. The first kappa shape index (κ1) is 21.7. The van der Waals surface area contributed by atoms with Crippen molar-refractivity contribution in [2.75, 3.05) is 39.2 Å². The fourth-order valence-corrected chi connectivity index (χ4v) is 4.24. The van der Waals surface area contributed by atoms with Crippen LogP contribution in [0.1, 0.15) is 22.5 Å². The molecular formula is C25H30N4O3. The molecular weight excluding hydrogens is 404 g/mol. The van der Waals surface area contributed by atoms with E-state index in [-0.39, 0.29) is 17.9 Å². The number of carbonyl (C=O) groups is 2. The number of fused-ring (bicyclic) bond motifs is 2. The third-order valence-corrected chi connectivity index (χ3v) is 6.07. The summed E-state index contributed by atoms with van der Waals surface area (Å²) in [7, 11) is 5.40. The number of aryl methyl sites for hydroxylation is 1. The summed E-state index contributed by atoms with van der Waals surface area (Å²) in [5.74, 6) is 0.659. The van der Waals surface area contributed by atoms with Crippen molar-refractivity contribution < 1.29 is 14.3 Å². The van der Waals surface area contributed by atoms with Crippen LogP contribution in [0.25, 0.3) is 10.9 Å². The summed E-state index contributed by atoms with van der Waals surface area (Å²) in [6.45, 7) is 3.80. The lowest BCUT2D eigenvalue weighted by Crippen LogP contribution is -2.44. The highest BCUT2D eigenvalue weighted by molar-refractivity contribution is 5.95. The van der Waals surface area contributed by atoms with E-state index in [4.69, 9.17) is 4.74 Å². The summed E-state index contributed by atoms with van der Waals surface area (Å²) in [4.78, 5) is 28.5. The Balaban J connectivity index is 1.36. The van der Waals surface area contributed by atoms with Crippen molar-refractivity contribution in [2.45, 2.75) is 25.9 Å². The number of hydrogen-bond acceptors (Lipinski definition) is 4. The summed E-state index contributed by atoms with van der Waals surface area (Å²) in [6, 6.07) is 15.8. The Labute approximate surface area is 188 Å². The topological polar surface area (TPSA) is 66.8 Å². The van der Waals surface area contributed by atoms with Crippen LogP contribution in [0.5, 0.6) is 5.75 Å². The number of anilines is 1. The van der Waals surface area contributed by atoms with Gasteiger partial charge in [0.2, 0.25) is 5.91 Å². The number of para-hydroxylation sites is 1. The molecule has 7 heteroatoms. The zero-order valence-electron chi connectivity index (χ0n) is 19.1. The van der Waals surface area contributed by atoms with Gasteiger partial charge in [-0.3, -0.25) is 9.59 Å². The van der Waals surface area contributed by atoms with E-state index in [1.54, 1.807) is 25.1 Å². The molecule has 2 amide bonds. The third kappa shape index (κ3) is 4.28. The number of hydrogen-bond donors (Lipinski definition) is 1. The Morgan fingerprint density at radius 3 is 2.72 bits per heavy atom. The average molecular weight is 435 g/mol. The molecule has 0 bridgehead atoms. The molecule has 0 fully saturated rings. The molecule has 0 radical (unpaired) electrons. The van der Waals surface area contributed by atoms with Gasteiger partial charge in [-0.2, -0.15) is 0 Å². The Hall–Kier alpha value is -3.48. The standard InChI is InChI=1S/C25H30N4O3/c1-17-13-18-7-5-6-8-21(18)29(17)12-11-26-24(30)15-20-16-32-23-10-9-19(25(31)27(2)3)14-22(23)28(20)4/h5-10,13-14,20H,11-12,15-16H2,1-4H3,(H,26,30)/t20-/m0/s1. The van der Waals surface area contributed by atoms with Crippen molar-refractivity contribution in [3.63, 3.8) is 0 Å². The molecule has 0 saturated carbocycles. The Kier molecular flexibility index (Phi) is 6.08. The highest BCUT2D eigenvalue weighted by Crippen LogP contribution is 2.34. The minimum Gasteiger partial charge on any atom is -0.489 e. The minimum absolute atomic E-state index is 0.0106. The number of rotatable bonds is 6. The van der Waals surface area contributed by atoms with Crippen molar-refractivity contribution in [3.8, 4) is 5.75 Å². The predicted octanol–water partition coefficient (Wildman–Crippen LogP) is 3.06. The molecule has 0 unspecified atom stereocenters. The van der Waals surface area contributed by atoms with Gasteiger partial charge in [-0.05, 0) is 42.6 Å². The van der Waals surface area contributed by atoms with E-state index >= 15 is 0 Å². The number of likely N-dealkylation sites (N-methyl/N-ethyl adjacent to an activating group) is 1. The van der Waals surface area contributed by atoms with Crippen LogP contribution in [-0.4, -0.2) is 61.6 Å². The number of amides is 2. The van der Waals surface area contributed by atoms with Gasteiger partial charge < -0.3 is 24.4 Å². The largest absolute Gasteiger partial charge is 0.489 e. The van der Waals surface area contributed by atoms with Crippen LogP contribution in [0.4, 0.5) is 5.69 Å². The fraction of sp³-hybridized carbons (Fsp3) is 0.360. The van der Waals surface area contributed by atoms with Crippen LogP contribution >= 0.6 is 0 Å². The number of ether oxygens (including phenoxy) is 1. The lowest BCUT2D eigenvalue weighted by atomic mass is 10.1. The van der Waals surface area contributed by atoms with Crippen LogP contribution in [0, 0.1) is 6.92 Å². The second-order valence-electron chi connectivity index (χ2n) is 8.51. The molecule has 3 aromatic rings. The molecule has 4 rings (SSSR count). The molecule has 0 spiro atoms. The highest BCUT2D eigenvalue weighted by atomic mass is 16.5. The van der Waals surface area contributed by atoms with Gasteiger partial charge in [0.1, 0.15) is 12.4 Å². The summed E-state index contributed by atoms with van der Waals surface area (Å²) < 4.78 is 8.11. The van der Waals surface area contributed by atoms with E-state index < -0.39 is 0 Å². The van der Waals surface area contributed by atoms with Crippen LogP contribution in [0.3, 0.4) is 0 Å². The molecule has 2 heterocycles. The maximum atomic E-state index is 12.6. The first-order valence-corrected chi connectivity index (χ1v) is 10.9. The molecule has 1 aliphatic rings. The zero-order valence-corrected chi connectivity index (χ0v) is 19.1. The quantitative estimate of drug-likeness (QED) is 0.648. The second-order valence-corrected chi connectivity index (χ2v) is 8.51. The number of aromatic nitrogens is 1. The van der Waals surface area contributed by atoms with Crippen LogP contribution in [0.15, 0.2) is 48.5 Å². The van der Waals surface area contributed by atoms with Gasteiger partial charge in [-0.1, -0.05) is 18.2 Å². The molecule has 1 atom stereocenters. The van der Waals surface area contributed by atoms with Crippen molar-refractivity contribution in [1.29, 1.82) is 0 Å². The molecule has 0 aliphatic carbocycles. The molecule has 168 valence electrons. The lowest BCUT2D eigenvalue weighted by Gasteiger charge is -2.35. The lowest BCUT2D eigenvalue weighted by molar-refractivity contribution is -0.121. The van der Waals surface area contributed by atoms with Gasteiger partial charge in [0, 0.05) is 51.0 Å². The summed E-state index contributed by atoms with van der Waals surface area (Å²) in [5, 5.41) is 4.26. The molecule has 1 aromatic heterocycles. The normalized spacial score (nSPS) is 15.2. The van der Waals surface area contributed by atoms with Gasteiger partial charge >= 0.3 is 0 Å². The smallest absolute Gasteiger partial charge is 0.253 e. The Bertz CT molecular complexity index is 1150. The van der Waals surface area contributed by atoms with Gasteiger partial charge in [0.25, 0.3) is 5.91 Å². The Morgan fingerprint density at radius 1 is 1.16 bits per heavy atom. The van der Waals surface area contributed by atoms with Gasteiger partial charge in [-0.15, -0.1) is 0 Å². The van der Waals surface area contributed by atoms with Gasteiger partial charge in [0.15, 0.2) is 0 Å². The zero-order chi connectivity index (χ0) is 22.8. The Morgan fingerprint density at radius 2 is 1.94 bits per heavy atom.